The van der Waals surface area contributed by atoms with E-state index in [2.05, 4.69) is 34.7 Å². The second-order valence-electron chi connectivity index (χ2n) is 4.81. The summed E-state index contributed by atoms with van der Waals surface area (Å²) in [5, 5.41) is 0. The Bertz CT molecular complexity index is 439. The normalized spacial score (nSPS) is 20.7. The second kappa shape index (κ2) is 5.53. The number of halogens is 3. The Kier molecular flexibility index (Phi) is 4.22. The third kappa shape index (κ3) is 3.01. The smallest absolute Gasteiger partial charge is 0.162 e. The Hall–Kier alpha value is -0.680. The summed E-state index contributed by atoms with van der Waals surface area (Å²) in [5.74, 6) is -1.39. The van der Waals surface area contributed by atoms with Crippen molar-refractivity contribution in [3.8, 4) is 5.75 Å². The van der Waals surface area contributed by atoms with Crippen LogP contribution in [0.3, 0.4) is 0 Å². The molecule has 0 amide bonds. The van der Waals surface area contributed by atoms with Crippen LogP contribution in [0.4, 0.5) is 8.78 Å². The van der Waals surface area contributed by atoms with Crippen LogP contribution in [0.1, 0.15) is 20.3 Å². The quantitative estimate of drug-likeness (QED) is 0.789. The summed E-state index contributed by atoms with van der Waals surface area (Å²) in [5.41, 5.74) is 0. The molecule has 1 aromatic rings. The van der Waals surface area contributed by atoms with Crippen molar-refractivity contribution in [3.05, 3.63) is 28.2 Å². The highest BCUT2D eigenvalue weighted by molar-refractivity contribution is 9.10. The molecule has 0 aliphatic carbocycles. The summed E-state index contributed by atoms with van der Waals surface area (Å²) in [6.07, 6.45) is 0.942. The van der Waals surface area contributed by atoms with Crippen LogP contribution in [0.25, 0.3) is 0 Å². The molecule has 0 saturated carbocycles. The molecule has 0 aromatic heterocycles. The lowest BCUT2D eigenvalue weighted by atomic mass is 10.3. The molecule has 0 spiro atoms. The van der Waals surface area contributed by atoms with Crippen molar-refractivity contribution in [2.45, 2.75) is 32.4 Å². The Labute approximate surface area is 114 Å². The Morgan fingerprint density at radius 2 is 2.00 bits per heavy atom. The van der Waals surface area contributed by atoms with Crippen LogP contribution in [0.2, 0.25) is 0 Å². The minimum absolute atomic E-state index is 0.0357. The molecule has 1 heterocycles. The van der Waals surface area contributed by atoms with E-state index < -0.39 is 11.6 Å². The minimum atomic E-state index is -0.882. The molecule has 2 nitrogen and oxygen atoms in total. The highest BCUT2D eigenvalue weighted by atomic mass is 79.9. The highest BCUT2D eigenvalue weighted by Crippen LogP contribution is 2.30. The van der Waals surface area contributed by atoms with Crippen molar-refractivity contribution < 1.29 is 13.5 Å². The zero-order valence-corrected chi connectivity index (χ0v) is 12.0. The molecule has 1 unspecified atom stereocenters. The van der Waals surface area contributed by atoms with E-state index in [-0.39, 0.29) is 6.10 Å². The Morgan fingerprint density at radius 1 is 1.33 bits per heavy atom. The van der Waals surface area contributed by atoms with E-state index in [1.54, 1.807) is 0 Å². The van der Waals surface area contributed by atoms with Crippen molar-refractivity contribution in [2.24, 2.45) is 0 Å². The first-order valence-electron chi connectivity index (χ1n) is 6.02. The summed E-state index contributed by atoms with van der Waals surface area (Å²) in [6.45, 7) is 6.07. The maximum atomic E-state index is 13.2. The third-order valence-corrected chi connectivity index (χ3v) is 3.79. The van der Waals surface area contributed by atoms with Gasteiger partial charge < -0.3 is 4.74 Å². The van der Waals surface area contributed by atoms with Gasteiger partial charge in [-0.3, -0.25) is 4.90 Å². The summed E-state index contributed by atoms with van der Waals surface area (Å²) in [6, 6.07) is 2.67. The van der Waals surface area contributed by atoms with Gasteiger partial charge in [0.05, 0.1) is 4.47 Å². The zero-order chi connectivity index (χ0) is 13.3. The van der Waals surface area contributed by atoms with Crippen LogP contribution in [-0.2, 0) is 0 Å². The monoisotopic (exact) mass is 319 g/mol. The predicted molar refractivity (Wildman–Crippen MR) is 69.8 cm³/mol. The zero-order valence-electron chi connectivity index (χ0n) is 10.4. The largest absolute Gasteiger partial charge is 0.488 e. The molecule has 100 valence electrons. The molecule has 1 aliphatic heterocycles. The van der Waals surface area contributed by atoms with Gasteiger partial charge in [0.25, 0.3) is 0 Å². The molecule has 2 rings (SSSR count). The first-order chi connectivity index (χ1) is 8.47. The topological polar surface area (TPSA) is 12.5 Å². The molecule has 1 fully saturated rings. The summed E-state index contributed by atoms with van der Waals surface area (Å²) >= 11 is 3.19. The number of hydrogen-bond acceptors (Lipinski definition) is 2. The van der Waals surface area contributed by atoms with E-state index in [0.29, 0.717) is 16.3 Å². The third-order valence-electron chi connectivity index (χ3n) is 3.18. The minimum Gasteiger partial charge on any atom is -0.488 e. The average Bonchev–Trinajstić information content (AvgIpc) is 2.74. The summed E-state index contributed by atoms with van der Waals surface area (Å²) < 4.78 is 32.3. The molecule has 0 N–H and O–H groups in total. The van der Waals surface area contributed by atoms with E-state index in [4.69, 9.17) is 4.74 Å². The lowest BCUT2D eigenvalue weighted by molar-refractivity contribution is 0.185. The van der Waals surface area contributed by atoms with Crippen LogP contribution in [-0.4, -0.2) is 30.1 Å². The van der Waals surface area contributed by atoms with Gasteiger partial charge in [0.15, 0.2) is 11.6 Å². The number of hydrogen-bond donors (Lipinski definition) is 0. The van der Waals surface area contributed by atoms with Crippen LogP contribution >= 0.6 is 15.9 Å². The number of likely N-dealkylation sites (tertiary alicyclic amines) is 1. The lowest BCUT2D eigenvalue weighted by Crippen LogP contribution is -2.30. The predicted octanol–water partition coefficient (Wildman–Crippen LogP) is 3.59. The van der Waals surface area contributed by atoms with Gasteiger partial charge >= 0.3 is 0 Å². The Morgan fingerprint density at radius 3 is 2.61 bits per heavy atom. The van der Waals surface area contributed by atoms with Crippen LogP contribution in [0, 0.1) is 11.6 Å². The van der Waals surface area contributed by atoms with E-state index >= 15 is 0 Å². The molecular weight excluding hydrogens is 304 g/mol. The highest BCUT2D eigenvalue weighted by Gasteiger charge is 2.26. The van der Waals surface area contributed by atoms with E-state index in [1.807, 2.05) is 0 Å². The molecule has 0 bridgehead atoms. The Balaban J connectivity index is 2.05. The fourth-order valence-electron chi connectivity index (χ4n) is 2.09. The molecule has 5 heteroatoms. The summed E-state index contributed by atoms with van der Waals surface area (Å²) in [4.78, 5) is 2.30. The van der Waals surface area contributed by atoms with Crippen molar-refractivity contribution >= 4 is 15.9 Å². The van der Waals surface area contributed by atoms with Gasteiger partial charge in [0.2, 0.25) is 0 Å². The number of ether oxygens (including phenoxy) is 1. The standard InChI is InChI=1S/C13H16BrF2NO/c1-8(2)17-4-3-9(7-17)18-13-6-12(16)11(15)5-10(13)14/h5-6,8-9H,3-4,7H2,1-2H3. The van der Waals surface area contributed by atoms with Gasteiger partial charge in [-0.1, -0.05) is 0 Å². The molecular formula is C13H16BrF2NO. The SMILES string of the molecule is CC(C)N1CCC(Oc2cc(F)c(F)cc2Br)C1. The number of rotatable bonds is 3. The second-order valence-corrected chi connectivity index (χ2v) is 5.67. The maximum absolute atomic E-state index is 13.2. The number of nitrogens with zero attached hydrogens (tertiary/aromatic N) is 1. The molecule has 0 radical (unpaired) electrons. The van der Waals surface area contributed by atoms with Crippen LogP contribution in [0.15, 0.2) is 16.6 Å². The van der Waals surface area contributed by atoms with Crippen molar-refractivity contribution in [1.29, 1.82) is 0 Å². The van der Waals surface area contributed by atoms with Crippen molar-refractivity contribution in [3.63, 3.8) is 0 Å². The fourth-order valence-corrected chi connectivity index (χ4v) is 2.50. The first-order valence-corrected chi connectivity index (χ1v) is 6.82. The lowest BCUT2D eigenvalue weighted by Gasteiger charge is -2.20. The fraction of sp³-hybridized carbons (Fsp3) is 0.538. The van der Waals surface area contributed by atoms with Gasteiger partial charge in [-0.05, 0) is 42.3 Å². The van der Waals surface area contributed by atoms with Gasteiger partial charge in [0, 0.05) is 25.2 Å². The van der Waals surface area contributed by atoms with Gasteiger partial charge in [-0.25, -0.2) is 8.78 Å². The van der Waals surface area contributed by atoms with Crippen molar-refractivity contribution in [1.82, 2.24) is 4.90 Å². The van der Waals surface area contributed by atoms with Crippen LogP contribution in [0.5, 0.6) is 5.75 Å². The van der Waals surface area contributed by atoms with E-state index in [0.717, 1.165) is 31.6 Å². The molecule has 1 saturated heterocycles. The van der Waals surface area contributed by atoms with Gasteiger partial charge in [-0.2, -0.15) is 0 Å². The molecule has 1 atom stereocenters. The number of benzene rings is 1. The van der Waals surface area contributed by atoms with E-state index in [9.17, 15) is 8.78 Å². The average molecular weight is 320 g/mol. The summed E-state index contributed by atoms with van der Waals surface area (Å²) in [7, 11) is 0. The van der Waals surface area contributed by atoms with Crippen molar-refractivity contribution in [2.75, 3.05) is 13.1 Å². The first kappa shape index (κ1) is 13.7. The molecule has 18 heavy (non-hydrogen) atoms. The van der Waals surface area contributed by atoms with Gasteiger partial charge in [0.1, 0.15) is 11.9 Å². The molecule has 1 aliphatic rings. The van der Waals surface area contributed by atoms with Gasteiger partial charge in [-0.15, -0.1) is 0 Å². The maximum Gasteiger partial charge on any atom is 0.162 e. The molecule has 1 aromatic carbocycles. The van der Waals surface area contributed by atoms with Crippen LogP contribution < -0.4 is 4.74 Å². The van der Waals surface area contributed by atoms with E-state index in [1.165, 1.54) is 0 Å².